The summed E-state index contributed by atoms with van der Waals surface area (Å²) in [7, 11) is 0. The minimum absolute atomic E-state index is 0.499. The van der Waals surface area contributed by atoms with E-state index in [0.717, 1.165) is 49.3 Å². The minimum atomic E-state index is 0.499. The van der Waals surface area contributed by atoms with Crippen LogP contribution in [0.4, 0.5) is 5.69 Å². The quantitative estimate of drug-likeness (QED) is 0.757. The number of ether oxygens (including phenoxy) is 1. The van der Waals surface area contributed by atoms with E-state index >= 15 is 0 Å². The molecule has 0 saturated carbocycles. The molecule has 104 valence electrons. The molecule has 0 spiro atoms. The van der Waals surface area contributed by atoms with Crippen molar-refractivity contribution in [1.29, 1.82) is 0 Å². The van der Waals surface area contributed by atoms with Crippen LogP contribution in [0.15, 0.2) is 12.1 Å². The molecule has 2 aliphatic heterocycles. The monoisotopic (exact) mass is 289 g/mol. The Bertz CT molecular complexity index is 682. The average molecular weight is 290 g/mol. The number of halogens is 1. The summed E-state index contributed by atoms with van der Waals surface area (Å²) in [5.74, 6) is 0.724. The van der Waals surface area contributed by atoms with Gasteiger partial charge in [-0.2, -0.15) is 0 Å². The molecule has 0 amide bonds. The Kier molecular flexibility index (Phi) is 2.82. The molecule has 3 heterocycles. The number of fused-ring (bicyclic) bond motifs is 2. The zero-order valence-corrected chi connectivity index (χ0v) is 12.2. The number of rotatable bonds is 1. The van der Waals surface area contributed by atoms with Crippen LogP contribution >= 0.6 is 11.6 Å². The molecule has 1 atom stereocenters. The summed E-state index contributed by atoms with van der Waals surface area (Å²) < 4.78 is 5.52. The highest BCUT2D eigenvalue weighted by molar-refractivity contribution is 6.34. The van der Waals surface area contributed by atoms with Crippen molar-refractivity contribution in [3.63, 3.8) is 0 Å². The Morgan fingerprint density at radius 2 is 2.25 bits per heavy atom. The van der Waals surface area contributed by atoms with Crippen LogP contribution in [0.3, 0.4) is 0 Å². The van der Waals surface area contributed by atoms with Gasteiger partial charge in [0.1, 0.15) is 11.0 Å². The van der Waals surface area contributed by atoms with Gasteiger partial charge in [-0.15, -0.1) is 0 Å². The van der Waals surface area contributed by atoms with Crippen LogP contribution in [0.1, 0.15) is 17.8 Å². The summed E-state index contributed by atoms with van der Waals surface area (Å²) in [4.78, 5) is 11.2. The van der Waals surface area contributed by atoms with Gasteiger partial charge in [-0.05, 0) is 37.5 Å². The summed E-state index contributed by atoms with van der Waals surface area (Å²) in [6.45, 7) is 4.63. The van der Waals surface area contributed by atoms with E-state index in [9.17, 15) is 0 Å². The maximum Gasteiger partial charge on any atom is 0.140 e. The van der Waals surface area contributed by atoms with Crippen LogP contribution in [0, 0.1) is 6.92 Å². The van der Waals surface area contributed by atoms with E-state index in [1.807, 2.05) is 6.92 Å². The maximum absolute atomic E-state index is 6.28. The minimum Gasteiger partial charge on any atom is -0.379 e. The lowest BCUT2D eigenvalue weighted by Gasteiger charge is -2.25. The van der Waals surface area contributed by atoms with Gasteiger partial charge in [0.05, 0.1) is 18.2 Å². The lowest BCUT2D eigenvalue weighted by molar-refractivity contribution is 0.193. The second-order valence-electron chi connectivity index (χ2n) is 5.52. The topological polar surface area (TPSA) is 38.2 Å². The molecule has 1 aromatic heterocycles. The van der Waals surface area contributed by atoms with Crippen molar-refractivity contribution in [1.82, 2.24) is 9.97 Å². The largest absolute Gasteiger partial charge is 0.379 e. The Morgan fingerprint density at radius 1 is 1.35 bits per heavy atom. The van der Waals surface area contributed by atoms with Gasteiger partial charge in [-0.1, -0.05) is 11.6 Å². The number of hydrogen-bond acceptors (Lipinski definition) is 4. The van der Waals surface area contributed by atoms with E-state index in [4.69, 9.17) is 16.3 Å². The molecule has 1 unspecified atom stereocenters. The number of anilines is 1. The fourth-order valence-electron chi connectivity index (χ4n) is 3.26. The Balaban J connectivity index is 1.84. The summed E-state index contributed by atoms with van der Waals surface area (Å²) in [6, 6.07) is 4.82. The normalized spacial score (nSPS) is 21.7. The first kappa shape index (κ1) is 12.4. The molecule has 0 aliphatic carbocycles. The molecule has 4 nitrogen and oxygen atoms in total. The van der Waals surface area contributed by atoms with Gasteiger partial charge in [0.15, 0.2) is 0 Å². The van der Waals surface area contributed by atoms with Gasteiger partial charge in [-0.25, -0.2) is 9.97 Å². The molecule has 0 N–H and O–H groups in total. The van der Waals surface area contributed by atoms with Gasteiger partial charge in [0.2, 0.25) is 0 Å². The standard InChI is InChI=1S/C15H16ClN3O/c1-9-17-13-6-10-2-4-19(11-3-5-20-8-11)14(10)7-12(13)15(16)18-9/h6-7,11H,2-5,8H2,1H3. The van der Waals surface area contributed by atoms with Crippen molar-refractivity contribution in [3.05, 3.63) is 28.7 Å². The molecule has 0 bridgehead atoms. The molecule has 20 heavy (non-hydrogen) atoms. The van der Waals surface area contributed by atoms with Gasteiger partial charge in [-0.3, -0.25) is 0 Å². The van der Waals surface area contributed by atoms with E-state index < -0.39 is 0 Å². The van der Waals surface area contributed by atoms with Gasteiger partial charge < -0.3 is 9.64 Å². The average Bonchev–Trinajstić information content (AvgIpc) is 3.04. The van der Waals surface area contributed by atoms with Crippen LogP contribution in [-0.2, 0) is 11.2 Å². The predicted molar refractivity (Wildman–Crippen MR) is 79.6 cm³/mol. The Hall–Kier alpha value is -1.39. The molecule has 5 heteroatoms. The van der Waals surface area contributed by atoms with Crippen molar-refractivity contribution in [2.45, 2.75) is 25.8 Å². The van der Waals surface area contributed by atoms with E-state index in [0.29, 0.717) is 11.2 Å². The highest BCUT2D eigenvalue weighted by Crippen LogP contribution is 2.36. The summed E-state index contributed by atoms with van der Waals surface area (Å²) >= 11 is 6.28. The fourth-order valence-corrected chi connectivity index (χ4v) is 3.53. The molecule has 2 aliphatic rings. The molecule has 1 saturated heterocycles. The van der Waals surface area contributed by atoms with Crippen molar-refractivity contribution in [2.75, 3.05) is 24.7 Å². The Labute approximate surface area is 122 Å². The first-order valence-electron chi connectivity index (χ1n) is 7.03. The number of aryl methyl sites for hydroxylation is 1. The van der Waals surface area contributed by atoms with Crippen molar-refractivity contribution >= 4 is 28.2 Å². The van der Waals surface area contributed by atoms with E-state index in [1.165, 1.54) is 11.3 Å². The zero-order chi connectivity index (χ0) is 13.7. The Morgan fingerprint density at radius 3 is 3.05 bits per heavy atom. The second-order valence-corrected chi connectivity index (χ2v) is 5.88. The number of nitrogens with zero attached hydrogens (tertiary/aromatic N) is 3. The maximum atomic E-state index is 6.28. The van der Waals surface area contributed by atoms with E-state index in [2.05, 4.69) is 27.0 Å². The molecular weight excluding hydrogens is 274 g/mol. The molecular formula is C15H16ClN3O. The molecule has 1 fully saturated rings. The van der Waals surface area contributed by atoms with Crippen LogP contribution < -0.4 is 4.90 Å². The molecule has 4 rings (SSSR count). The first-order valence-corrected chi connectivity index (χ1v) is 7.41. The molecule has 1 aromatic carbocycles. The smallest absolute Gasteiger partial charge is 0.140 e. The predicted octanol–water partition coefficient (Wildman–Crippen LogP) is 2.74. The van der Waals surface area contributed by atoms with Crippen LogP contribution in [-0.4, -0.2) is 35.8 Å². The van der Waals surface area contributed by atoms with Gasteiger partial charge in [0, 0.05) is 24.2 Å². The third-order valence-corrected chi connectivity index (χ3v) is 4.53. The third kappa shape index (κ3) is 1.86. The summed E-state index contributed by atoms with van der Waals surface area (Å²) in [5.41, 5.74) is 3.59. The fraction of sp³-hybridized carbons (Fsp3) is 0.467. The number of aromatic nitrogens is 2. The van der Waals surface area contributed by atoms with Crippen LogP contribution in [0.25, 0.3) is 10.9 Å². The van der Waals surface area contributed by atoms with E-state index in [1.54, 1.807) is 0 Å². The highest BCUT2D eigenvalue weighted by atomic mass is 35.5. The second kappa shape index (κ2) is 4.57. The SMILES string of the molecule is Cc1nc(Cl)c2cc3c(cc2n1)CCN3C1CCOC1. The molecule has 0 radical (unpaired) electrons. The van der Waals surface area contributed by atoms with Crippen molar-refractivity contribution < 1.29 is 4.74 Å². The lowest BCUT2D eigenvalue weighted by Crippen LogP contribution is -2.33. The highest BCUT2D eigenvalue weighted by Gasteiger charge is 2.29. The van der Waals surface area contributed by atoms with Crippen LogP contribution in [0.2, 0.25) is 5.15 Å². The van der Waals surface area contributed by atoms with E-state index in [-0.39, 0.29) is 0 Å². The van der Waals surface area contributed by atoms with Crippen molar-refractivity contribution in [2.24, 2.45) is 0 Å². The van der Waals surface area contributed by atoms with Gasteiger partial charge >= 0.3 is 0 Å². The third-order valence-electron chi connectivity index (χ3n) is 4.24. The van der Waals surface area contributed by atoms with Gasteiger partial charge in [0.25, 0.3) is 0 Å². The number of benzene rings is 1. The first-order chi connectivity index (χ1) is 9.72. The molecule has 2 aromatic rings. The summed E-state index contributed by atoms with van der Waals surface area (Å²) in [6.07, 6.45) is 2.18. The zero-order valence-electron chi connectivity index (χ0n) is 11.4. The summed E-state index contributed by atoms with van der Waals surface area (Å²) in [5, 5.41) is 1.49. The van der Waals surface area contributed by atoms with Crippen LogP contribution in [0.5, 0.6) is 0 Å². The number of hydrogen-bond donors (Lipinski definition) is 0. The van der Waals surface area contributed by atoms with Crippen molar-refractivity contribution in [3.8, 4) is 0 Å². The lowest BCUT2D eigenvalue weighted by atomic mass is 10.1.